The zero-order chi connectivity index (χ0) is 15.1. The Morgan fingerprint density at radius 3 is 3.05 bits per heavy atom. The van der Waals surface area contributed by atoms with Crippen LogP contribution in [0.15, 0.2) is 54.2 Å². The van der Waals surface area contributed by atoms with Crippen molar-refractivity contribution in [2.45, 2.75) is 0 Å². The molecule has 2 aromatic carbocycles. The fourth-order valence-electron chi connectivity index (χ4n) is 2.63. The number of hydrogen-bond acceptors (Lipinski definition) is 3. The molecule has 0 spiro atoms. The van der Waals surface area contributed by atoms with Gasteiger partial charge in [-0.3, -0.25) is 4.79 Å². The Labute approximate surface area is 131 Å². The maximum atomic E-state index is 12.6. The van der Waals surface area contributed by atoms with E-state index in [9.17, 15) is 4.79 Å². The summed E-state index contributed by atoms with van der Waals surface area (Å²) in [5.74, 6) is -0.105. The molecular weight excluding hydrogens is 294 g/mol. The summed E-state index contributed by atoms with van der Waals surface area (Å²) in [5, 5.41) is 3.91. The summed E-state index contributed by atoms with van der Waals surface area (Å²) in [4.78, 5) is 16.9. The predicted octanol–water partition coefficient (Wildman–Crippen LogP) is 4.04. The summed E-state index contributed by atoms with van der Waals surface area (Å²) < 4.78 is 3.12. The summed E-state index contributed by atoms with van der Waals surface area (Å²) in [6.45, 7) is 0. The number of thiazole rings is 1. The van der Waals surface area contributed by atoms with Gasteiger partial charge in [0, 0.05) is 35.4 Å². The number of aryl methyl sites for hydroxylation is 1. The number of benzene rings is 2. The smallest absolute Gasteiger partial charge is 0.256 e. The van der Waals surface area contributed by atoms with E-state index >= 15 is 0 Å². The lowest BCUT2D eigenvalue weighted by Crippen LogP contribution is -2.12. The normalized spacial score (nSPS) is 11.1. The third-order valence-corrected chi connectivity index (χ3v) is 4.57. The van der Waals surface area contributed by atoms with Gasteiger partial charge in [-0.25, -0.2) is 4.98 Å². The zero-order valence-electron chi connectivity index (χ0n) is 11.9. The highest BCUT2D eigenvalue weighted by atomic mass is 32.1. The topological polar surface area (TPSA) is 46.9 Å². The van der Waals surface area contributed by atoms with E-state index in [-0.39, 0.29) is 5.91 Å². The van der Waals surface area contributed by atoms with Gasteiger partial charge in [0.25, 0.3) is 5.91 Å². The Hall–Kier alpha value is -2.66. The van der Waals surface area contributed by atoms with Gasteiger partial charge in [-0.1, -0.05) is 6.07 Å². The maximum Gasteiger partial charge on any atom is 0.256 e. The summed E-state index contributed by atoms with van der Waals surface area (Å²) in [5.41, 5.74) is 5.19. The highest BCUT2D eigenvalue weighted by Crippen LogP contribution is 2.24. The van der Waals surface area contributed by atoms with Gasteiger partial charge in [0.2, 0.25) is 0 Å². The van der Waals surface area contributed by atoms with Gasteiger partial charge in [-0.15, -0.1) is 11.3 Å². The molecule has 22 heavy (non-hydrogen) atoms. The van der Waals surface area contributed by atoms with E-state index in [1.54, 1.807) is 16.8 Å². The fraction of sp³-hybridized carbons (Fsp3) is 0.0588. The quantitative estimate of drug-likeness (QED) is 0.607. The first kappa shape index (κ1) is 13.0. The Bertz CT molecular complexity index is 999. The molecule has 0 aliphatic heterocycles. The number of nitrogens with one attached hydrogen (secondary N) is 1. The van der Waals surface area contributed by atoms with Crippen LogP contribution in [0.1, 0.15) is 10.4 Å². The first-order valence-electron chi connectivity index (χ1n) is 6.91. The van der Waals surface area contributed by atoms with E-state index in [1.807, 2.05) is 60.3 Å². The van der Waals surface area contributed by atoms with Crippen LogP contribution >= 0.6 is 11.3 Å². The Kier molecular flexibility index (Phi) is 2.94. The molecule has 108 valence electrons. The van der Waals surface area contributed by atoms with Crippen LogP contribution in [0.4, 0.5) is 5.69 Å². The lowest BCUT2D eigenvalue weighted by molar-refractivity contribution is 0.102. The van der Waals surface area contributed by atoms with Crippen LogP contribution in [0.3, 0.4) is 0 Å². The molecule has 2 heterocycles. The SMILES string of the molecule is Cn1ccc2c(C(=O)Nc3ccc4scnc4c3)cccc21. The molecule has 1 N–H and O–H groups in total. The van der Waals surface area contributed by atoms with Crippen molar-refractivity contribution in [3.63, 3.8) is 0 Å². The standard InChI is InChI=1S/C17H13N3OS/c1-20-8-7-12-13(3-2-4-15(12)20)17(21)19-11-5-6-16-14(9-11)18-10-22-16/h2-10H,1H3,(H,19,21). The summed E-state index contributed by atoms with van der Waals surface area (Å²) in [6.07, 6.45) is 1.96. The lowest BCUT2D eigenvalue weighted by atomic mass is 10.1. The minimum atomic E-state index is -0.105. The first-order valence-corrected chi connectivity index (χ1v) is 7.79. The van der Waals surface area contributed by atoms with Gasteiger partial charge in [0.15, 0.2) is 0 Å². The molecule has 0 unspecified atom stereocenters. The van der Waals surface area contributed by atoms with Crippen molar-refractivity contribution in [3.8, 4) is 0 Å². The Morgan fingerprint density at radius 2 is 2.14 bits per heavy atom. The van der Waals surface area contributed by atoms with Crippen molar-refractivity contribution in [1.82, 2.24) is 9.55 Å². The van der Waals surface area contributed by atoms with Crippen LogP contribution in [-0.4, -0.2) is 15.5 Å². The number of carbonyl (C=O) groups is 1. The van der Waals surface area contributed by atoms with Gasteiger partial charge in [-0.05, 0) is 36.4 Å². The van der Waals surface area contributed by atoms with Crippen molar-refractivity contribution in [2.24, 2.45) is 7.05 Å². The maximum absolute atomic E-state index is 12.6. The molecular formula is C17H13N3OS. The van der Waals surface area contributed by atoms with Crippen molar-refractivity contribution in [3.05, 3.63) is 59.7 Å². The number of fused-ring (bicyclic) bond motifs is 2. The molecule has 0 fully saturated rings. The molecule has 0 aliphatic carbocycles. The van der Waals surface area contributed by atoms with Gasteiger partial charge < -0.3 is 9.88 Å². The van der Waals surface area contributed by atoms with E-state index in [0.29, 0.717) is 5.56 Å². The molecule has 0 saturated carbocycles. The molecule has 1 amide bonds. The fourth-order valence-corrected chi connectivity index (χ4v) is 3.29. The predicted molar refractivity (Wildman–Crippen MR) is 90.5 cm³/mol. The molecule has 0 radical (unpaired) electrons. The Morgan fingerprint density at radius 1 is 1.23 bits per heavy atom. The monoisotopic (exact) mass is 307 g/mol. The largest absolute Gasteiger partial charge is 0.351 e. The first-order chi connectivity index (χ1) is 10.7. The highest BCUT2D eigenvalue weighted by molar-refractivity contribution is 7.16. The third kappa shape index (κ3) is 2.07. The number of amides is 1. The number of anilines is 1. The number of hydrogen-bond donors (Lipinski definition) is 1. The van der Waals surface area contributed by atoms with E-state index < -0.39 is 0 Å². The number of nitrogens with zero attached hydrogens (tertiary/aromatic N) is 2. The van der Waals surface area contributed by atoms with Crippen molar-refractivity contribution in [1.29, 1.82) is 0 Å². The number of rotatable bonds is 2. The average molecular weight is 307 g/mol. The van der Waals surface area contributed by atoms with Gasteiger partial charge in [0.05, 0.1) is 15.7 Å². The molecule has 4 rings (SSSR count). The zero-order valence-corrected chi connectivity index (χ0v) is 12.7. The van der Waals surface area contributed by atoms with Crippen LogP contribution in [-0.2, 0) is 7.05 Å². The minimum absolute atomic E-state index is 0.105. The van der Waals surface area contributed by atoms with Crippen LogP contribution in [0.2, 0.25) is 0 Å². The molecule has 0 aliphatic rings. The summed E-state index contributed by atoms with van der Waals surface area (Å²) >= 11 is 1.59. The second-order valence-corrected chi connectivity index (χ2v) is 6.04. The Balaban J connectivity index is 1.71. The van der Waals surface area contributed by atoms with Crippen molar-refractivity contribution < 1.29 is 4.79 Å². The molecule has 0 saturated heterocycles. The summed E-state index contributed by atoms with van der Waals surface area (Å²) in [7, 11) is 1.97. The van der Waals surface area contributed by atoms with Gasteiger partial charge >= 0.3 is 0 Å². The lowest BCUT2D eigenvalue weighted by Gasteiger charge is -2.07. The van der Waals surface area contributed by atoms with Crippen LogP contribution in [0.5, 0.6) is 0 Å². The molecule has 0 atom stereocenters. The van der Waals surface area contributed by atoms with E-state index in [1.165, 1.54) is 0 Å². The van der Waals surface area contributed by atoms with Gasteiger partial charge in [0.1, 0.15) is 0 Å². The van der Waals surface area contributed by atoms with Crippen LogP contribution in [0.25, 0.3) is 21.1 Å². The molecule has 2 aromatic heterocycles. The second-order valence-electron chi connectivity index (χ2n) is 5.15. The van der Waals surface area contributed by atoms with Gasteiger partial charge in [-0.2, -0.15) is 0 Å². The van der Waals surface area contributed by atoms with E-state index in [4.69, 9.17) is 0 Å². The number of aromatic nitrogens is 2. The second kappa shape index (κ2) is 4.96. The molecule has 0 bridgehead atoms. The minimum Gasteiger partial charge on any atom is -0.351 e. The van der Waals surface area contributed by atoms with Crippen molar-refractivity contribution in [2.75, 3.05) is 5.32 Å². The molecule has 4 aromatic rings. The number of carbonyl (C=O) groups excluding carboxylic acids is 1. The third-order valence-electron chi connectivity index (χ3n) is 3.76. The molecule has 4 nitrogen and oxygen atoms in total. The van der Waals surface area contributed by atoms with Crippen LogP contribution < -0.4 is 5.32 Å². The van der Waals surface area contributed by atoms with E-state index in [0.717, 1.165) is 26.8 Å². The molecule has 5 heteroatoms. The summed E-state index contributed by atoms with van der Waals surface area (Å²) in [6, 6.07) is 13.5. The highest BCUT2D eigenvalue weighted by Gasteiger charge is 2.12. The van der Waals surface area contributed by atoms with Crippen LogP contribution in [0, 0.1) is 0 Å². The van der Waals surface area contributed by atoms with E-state index in [2.05, 4.69) is 10.3 Å². The average Bonchev–Trinajstić information content (AvgIpc) is 3.13. The van der Waals surface area contributed by atoms with Crippen molar-refractivity contribution >= 4 is 44.1 Å².